The van der Waals surface area contributed by atoms with Crippen LogP contribution in [0.4, 0.5) is 10.1 Å². The zero-order valence-electron chi connectivity index (χ0n) is 8.73. The van der Waals surface area contributed by atoms with Crippen molar-refractivity contribution in [3.63, 3.8) is 0 Å². The minimum atomic E-state index is -0.468. The van der Waals surface area contributed by atoms with Crippen LogP contribution in [-0.4, -0.2) is 5.91 Å². The van der Waals surface area contributed by atoms with Gasteiger partial charge in [0.25, 0.3) is 0 Å². The molecular weight excluding hydrogens is 193 g/mol. The number of hydrogen-bond donors (Lipinski definition) is 1. The molecular formula is C12H12FNO. The quantitative estimate of drug-likeness (QED) is 0.692. The van der Waals surface area contributed by atoms with Crippen molar-refractivity contribution >= 4 is 11.6 Å². The fourth-order valence-corrected chi connectivity index (χ4v) is 2.80. The summed E-state index contributed by atoms with van der Waals surface area (Å²) in [5.74, 6) is -0.250. The molecule has 15 heavy (non-hydrogen) atoms. The summed E-state index contributed by atoms with van der Waals surface area (Å²) in [6.45, 7) is 4.10. The molecule has 0 bridgehead atoms. The Balaban J connectivity index is 2.23. The number of hydrogen-bond acceptors (Lipinski definition) is 1. The molecule has 2 nitrogen and oxygen atoms in total. The highest BCUT2D eigenvalue weighted by Crippen LogP contribution is 2.68. The molecule has 3 heteroatoms. The number of amides is 1. The van der Waals surface area contributed by atoms with Crippen molar-refractivity contribution in [3.05, 3.63) is 29.6 Å². The molecule has 1 atom stereocenters. The fourth-order valence-electron chi connectivity index (χ4n) is 2.80. The van der Waals surface area contributed by atoms with Crippen LogP contribution in [-0.2, 0) is 10.2 Å². The number of carbonyl (C=O) groups is 1. The average molecular weight is 205 g/mol. The van der Waals surface area contributed by atoms with Crippen LogP contribution in [0.3, 0.4) is 0 Å². The fraction of sp³-hybridized carbons (Fsp3) is 0.417. The molecule has 1 aromatic carbocycles. The maximum atomic E-state index is 13.2. The number of anilines is 1. The first kappa shape index (κ1) is 8.89. The Labute approximate surface area is 87.5 Å². The molecule has 1 spiro atoms. The molecule has 1 aliphatic carbocycles. The van der Waals surface area contributed by atoms with Gasteiger partial charge in [0.1, 0.15) is 5.82 Å². The molecule has 0 unspecified atom stereocenters. The normalized spacial score (nSPS) is 30.2. The van der Waals surface area contributed by atoms with Gasteiger partial charge in [0.05, 0.1) is 5.41 Å². The van der Waals surface area contributed by atoms with E-state index in [0.29, 0.717) is 0 Å². The third kappa shape index (κ3) is 0.863. The average Bonchev–Trinajstić information content (AvgIpc) is 2.63. The molecule has 1 N–H and O–H groups in total. The molecule has 3 rings (SSSR count). The maximum Gasteiger partial charge on any atom is 0.235 e. The molecule has 78 valence electrons. The van der Waals surface area contributed by atoms with E-state index in [1.807, 2.05) is 13.8 Å². The molecule has 1 fully saturated rings. The minimum Gasteiger partial charge on any atom is -0.325 e. The van der Waals surface area contributed by atoms with Gasteiger partial charge < -0.3 is 5.32 Å². The van der Waals surface area contributed by atoms with E-state index in [-0.39, 0.29) is 17.1 Å². The van der Waals surface area contributed by atoms with Crippen molar-refractivity contribution in [1.29, 1.82) is 0 Å². The van der Waals surface area contributed by atoms with Crippen LogP contribution in [0, 0.1) is 11.2 Å². The van der Waals surface area contributed by atoms with Gasteiger partial charge in [-0.2, -0.15) is 0 Å². The lowest BCUT2D eigenvalue weighted by Gasteiger charge is -2.11. The highest BCUT2D eigenvalue weighted by Gasteiger charge is 2.70. The predicted molar refractivity (Wildman–Crippen MR) is 55.1 cm³/mol. The van der Waals surface area contributed by atoms with E-state index in [2.05, 4.69) is 5.32 Å². The van der Waals surface area contributed by atoms with Crippen molar-refractivity contribution in [1.82, 2.24) is 0 Å². The van der Waals surface area contributed by atoms with Crippen molar-refractivity contribution in [2.45, 2.75) is 25.7 Å². The van der Waals surface area contributed by atoms with Crippen LogP contribution in [0.5, 0.6) is 0 Å². The Bertz CT molecular complexity index is 481. The second-order valence-electron chi connectivity index (χ2n) is 5.11. The summed E-state index contributed by atoms with van der Waals surface area (Å²) < 4.78 is 13.2. The molecule has 0 radical (unpaired) electrons. The molecule has 0 aromatic heterocycles. The third-order valence-electron chi connectivity index (χ3n) is 3.81. The van der Waals surface area contributed by atoms with Crippen molar-refractivity contribution < 1.29 is 9.18 Å². The Morgan fingerprint density at radius 3 is 2.67 bits per heavy atom. The number of halogens is 1. The predicted octanol–water partition coefficient (Wildman–Crippen LogP) is 2.45. The van der Waals surface area contributed by atoms with Gasteiger partial charge in [0.2, 0.25) is 5.91 Å². The summed E-state index contributed by atoms with van der Waals surface area (Å²) in [5.41, 5.74) is 1.09. The highest BCUT2D eigenvalue weighted by atomic mass is 19.1. The number of benzene rings is 1. The van der Waals surface area contributed by atoms with Crippen LogP contribution in [0.2, 0.25) is 0 Å². The van der Waals surface area contributed by atoms with E-state index in [4.69, 9.17) is 0 Å². The van der Waals surface area contributed by atoms with Gasteiger partial charge in [0, 0.05) is 5.69 Å². The first-order valence-corrected chi connectivity index (χ1v) is 5.09. The second kappa shape index (κ2) is 2.23. The van der Waals surface area contributed by atoms with Crippen LogP contribution in [0.1, 0.15) is 25.8 Å². The van der Waals surface area contributed by atoms with E-state index in [0.717, 1.165) is 17.7 Å². The summed E-state index contributed by atoms with van der Waals surface area (Å²) >= 11 is 0. The largest absolute Gasteiger partial charge is 0.325 e. The van der Waals surface area contributed by atoms with E-state index in [1.165, 1.54) is 12.1 Å². The zero-order valence-corrected chi connectivity index (χ0v) is 8.73. The van der Waals surface area contributed by atoms with Crippen LogP contribution < -0.4 is 5.32 Å². The number of nitrogens with one attached hydrogen (secondary N) is 1. The van der Waals surface area contributed by atoms with Gasteiger partial charge >= 0.3 is 0 Å². The Hall–Kier alpha value is -1.38. The van der Waals surface area contributed by atoms with Crippen LogP contribution in [0.15, 0.2) is 18.2 Å². The topological polar surface area (TPSA) is 29.1 Å². The smallest absolute Gasteiger partial charge is 0.235 e. The summed E-state index contributed by atoms with van der Waals surface area (Å²) in [4.78, 5) is 11.9. The standard InChI is InChI=1S/C12H12FNO/c1-11(2)6-12(11)8-5-7(13)3-4-9(8)14-10(12)15/h3-5H,6H2,1-2H3,(H,14,15)/t12-/m1/s1. The highest BCUT2D eigenvalue weighted by molar-refractivity contribution is 6.09. The summed E-state index contributed by atoms with van der Waals surface area (Å²) in [5, 5.41) is 2.83. The van der Waals surface area contributed by atoms with Gasteiger partial charge in [-0.3, -0.25) is 4.79 Å². The molecule has 1 saturated carbocycles. The van der Waals surface area contributed by atoms with Crippen molar-refractivity contribution in [2.75, 3.05) is 5.32 Å². The van der Waals surface area contributed by atoms with Crippen molar-refractivity contribution in [2.24, 2.45) is 5.41 Å². The van der Waals surface area contributed by atoms with E-state index in [9.17, 15) is 9.18 Å². The molecule has 2 aliphatic rings. The monoisotopic (exact) mass is 205 g/mol. The summed E-state index contributed by atoms with van der Waals surface area (Å²) in [6, 6.07) is 4.52. The molecule has 1 amide bonds. The zero-order chi connectivity index (χ0) is 10.8. The van der Waals surface area contributed by atoms with Gasteiger partial charge in [-0.15, -0.1) is 0 Å². The minimum absolute atomic E-state index is 0.0214. The van der Waals surface area contributed by atoms with Gasteiger partial charge in [-0.25, -0.2) is 4.39 Å². The SMILES string of the molecule is CC1(C)C[C@@]12C(=O)Nc1ccc(F)cc12. The number of carbonyl (C=O) groups excluding carboxylic acids is 1. The number of rotatable bonds is 0. The summed E-state index contributed by atoms with van der Waals surface area (Å²) in [7, 11) is 0. The Kier molecular flexibility index (Phi) is 1.32. The third-order valence-corrected chi connectivity index (χ3v) is 3.81. The second-order valence-corrected chi connectivity index (χ2v) is 5.11. The Morgan fingerprint density at radius 1 is 1.40 bits per heavy atom. The molecule has 1 aromatic rings. The first-order chi connectivity index (χ1) is 6.97. The molecule has 1 aliphatic heterocycles. The lowest BCUT2D eigenvalue weighted by molar-refractivity contribution is -0.118. The lowest BCUT2D eigenvalue weighted by atomic mass is 9.89. The van der Waals surface area contributed by atoms with Crippen molar-refractivity contribution in [3.8, 4) is 0 Å². The molecule has 1 heterocycles. The van der Waals surface area contributed by atoms with Gasteiger partial charge in [0.15, 0.2) is 0 Å². The lowest BCUT2D eigenvalue weighted by Crippen LogP contribution is -2.24. The van der Waals surface area contributed by atoms with Crippen LogP contribution >= 0.6 is 0 Å². The van der Waals surface area contributed by atoms with Crippen LogP contribution in [0.25, 0.3) is 0 Å². The van der Waals surface area contributed by atoms with E-state index in [1.54, 1.807) is 6.07 Å². The maximum absolute atomic E-state index is 13.2. The number of fused-ring (bicyclic) bond motifs is 2. The summed E-state index contributed by atoms with van der Waals surface area (Å²) in [6.07, 6.45) is 0.808. The molecule has 0 saturated heterocycles. The van der Waals surface area contributed by atoms with Gasteiger partial charge in [-0.05, 0) is 35.6 Å². The van der Waals surface area contributed by atoms with Gasteiger partial charge in [-0.1, -0.05) is 13.8 Å². The first-order valence-electron chi connectivity index (χ1n) is 5.09. The van der Waals surface area contributed by atoms with E-state index >= 15 is 0 Å². The van der Waals surface area contributed by atoms with E-state index < -0.39 is 5.41 Å². The Morgan fingerprint density at radius 2 is 2.07 bits per heavy atom.